The number of aromatic carboxylic acids is 1. The summed E-state index contributed by atoms with van der Waals surface area (Å²) >= 11 is 1.43. The number of amides is 1. The number of hydrogen-bond donors (Lipinski definition) is 1. The Labute approximate surface area is 155 Å². The molecule has 1 aromatic heterocycles. The summed E-state index contributed by atoms with van der Waals surface area (Å²) in [7, 11) is -3.71. The van der Waals surface area contributed by atoms with Crippen LogP contribution in [0.25, 0.3) is 0 Å². The maximum atomic E-state index is 12.7. The third kappa shape index (κ3) is 3.64. The van der Waals surface area contributed by atoms with Crippen molar-refractivity contribution >= 4 is 33.2 Å². The van der Waals surface area contributed by atoms with Crippen molar-refractivity contribution < 1.29 is 23.1 Å². The van der Waals surface area contributed by atoms with Crippen LogP contribution in [0.3, 0.4) is 0 Å². The molecule has 0 unspecified atom stereocenters. The molecule has 9 heteroatoms. The molecule has 0 atom stereocenters. The van der Waals surface area contributed by atoms with Gasteiger partial charge in [0.1, 0.15) is 0 Å². The minimum absolute atomic E-state index is 0.0330. The lowest BCUT2D eigenvalue weighted by molar-refractivity contribution is 0.0691. The molecule has 138 valence electrons. The van der Waals surface area contributed by atoms with Gasteiger partial charge in [-0.3, -0.25) is 4.79 Å². The highest BCUT2D eigenvalue weighted by Crippen LogP contribution is 2.21. The Morgan fingerprint density at radius 1 is 1.00 bits per heavy atom. The van der Waals surface area contributed by atoms with E-state index in [0.29, 0.717) is 18.0 Å². The SMILES string of the molecule is Cc1ccc(C(=O)N2CCN(S(=O)(=O)c3ccc(C(=O)O)cc3)CC2)s1. The first kappa shape index (κ1) is 18.6. The molecule has 1 amide bonds. The molecule has 0 radical (unpaired) electrons. The average Bonchev–Trinajstić information content (AvgIpc) is 3.07. The molecule has 0 aliphatic carbocycles. The first-order valence-electron chi connectivity index (χ1n) is 7.98. The highest BCUT2D eigenvalue weighted by atomic mass is 32.2. The molecule has 3 rings (SSSR count). The van der Waals surface area contributed by atoms with Crippen LogP contribution >= 0.6 is 11.3 Å². The molecule has 0 saturated carbocycles. The predicted octanol–water partition coefficient (Wildman–Crippen LogP) is 1.90. The number of carbonyl (C=O) groups excluding carboxylic acids is 1. The number of sulfonamides is 1. The summed E-state index contributed by atoms with van der Waals surface area (Å²) in [6.07, 6.45) is 0. The van der Waals surface area contributed by atoms with Gasteiger partial charge in [0.25, 0.3) is 5.91 Å². The third-order valence-electron chi connectivity index (χ3n) is 4.22. The van der Waals surface area contributed by atoms with E-state index in [9.17, 15) is 18.0 Å². The molecule has 2 aromatic rings. The van der Waals surface area contributed by atoms with Crippen molar-refractivity contribution in [1.82, 2.24) is 9.21 Å². The monoisotopic (exact) mass is 394 g/mol. The van der Waals surface area contributed by atoms with Gasteiger partial charge in [0.15, 0.2) is 0 Å². The molecule has 0 bridgehead atoms. The standard InChI is InChI=1S/C17H18N2O5S2/c1-12-2-7-15(25-12)16(20)18-8-10-19(11-9-18)26(23,24)14-5-3-13(4-6-14)17(21)22/h2-7H,8-11H2,1H3,(H,21,22). The van der Waals surface area contributed by atoms with Gasteiger partial charge in [-0.2, -0.15) is 4.31 Å². The van der Waals surface area contributed by atoms with E-state index in [0.717, 1.165) is 4.88 Å². The number of rotatable bonds is 4. The minimum Gasteiger partial charge on any atom is -0.478 e. The van der Waals surface area contributed by atoms with Gasteiger partial charge in [-0.1, -0.05) is 0 Å². The molecular formula is C17H18N2O5S2. The van der Waals surface area contributed by atoms with E-state index in [-0.39, 0.29) is 29.5 Å². The van der Waals surface area contributed by atoms with Gasteiger partial charge in [-0.15, -0.1) is 11.3 Å². The number of thiophene rings is 1. The number of aryl methyl sites for hydroxylation is 1. The van der Waals surface area contributed by atoms with Gasteiger partial charge in [-0.25, -0.2) is 13.2 Å². The van der Waals surface area contributed by atoms with Crippen molar-refractivity contribution in [2.45, 2.75) is 11.8 Å². The van der Waals surface area contributed by atoms with Gasteiger partial charge in [-0.05, 0) is 43.3 Å². The topological polar surface area (TPSA) is 95.0 Å². The molecule has 2 heterocycles. The van der Waals surface area contributed by atoms with Crippen LogP contribution in [0.5, 0.6) is 0 Å². The van der Waals surface area contributed by atoms with Gasteiger partial charge in [0.2, 0.25) is 10.0 Å². The lowest BCUT2D eigenvalue weighted by Gasteiger charge is -2.33. The number of carboxylic acids is 1. The fourth-order valence-corrected chi connectivity index (χ4v) is 5.01. The third-order valence-corrected chi connectivity index (χ3v) is 7.12. The normalized spacial score (nSPS) is 15.8. The second kappa shape index (κ2) is 7.18. The Balaban J connectivity index is 1.68. The van der Waals surface area contributed by atoms with E-state index in [1.165, 1.54) is 39.9 Å². The quantitative estimate of drug-likeness (QED) is 0.855. The van der Waals surface area contributed by atoms with Crippen LogP contribution in [-0.2, 0) is 10.0 Å². The van der Waals surface area contributed by atoms with Crippen LogP contribution in [0, 0.1) is 6.92 Å². The second-order valence-electron chi connectivity index (χ2n) is 5.94. The predicted molar refractivity (Wildman–Crippen MR) is 97.1 cm³/mol. The Hall–Kier alpha value is -2.23. The van der Waals surface area contributed by atoms with E-state index in [4.69, 9.17) is 5.11 Å². The van der Waals surface area contributed by atoms with E-state index >= 15 is 0 Å². The number of benzene rings is 1. The summed E-state index contributed by atoms with van der Waals surface area (Å²) in [6, 6.07) is 8.81. The molecular weight excluding hydrogens is 376 g/mol. The highest BCUT2D eigenvalue weighted by Gasteiger charge is 2.30. The summed E-state index contributed by atoms with van der Waals surface area (Å²) < 4.78 is 26.7. The maximum Gasteiger partial charge on any atom is 0.335 e. The van der Waals surface area contributed by atoms with Crippen LogP contribution in [0.4, 0.5) is 0 Å². The average molecular weight is 394 g/mol. The van der Waals surface area contributed by atoms with E-state index < -0.39 is 16.0 Å². The van der Waals surface area contributed by atoms with Crippen molar-refractivity contribution in [2.75, 3.05) is 26.2 Å². The van der Waals surface area contributed by atoms with Gasteiger partial charge < -0.3 is 10.0 Å². The maximum absolute atomic E-state index is 12.7. The summed E-state index contributed by atoms with van der Waals surface area (Å²) in [5.74, 6) is -1.18. The van der Waals surface area contributed by atoms with Crippen molar-refractivity contribution in [3.63, 3.8) is 0 Å². The number of hydrogen-bond acceptors (Lipinski definition) is 5. The van der Waals surface area contributed by atoms with Crippen molar-refractivity contribution in [2.24, 2.45) is 0 Å². The zero-order chi connectivity index (χ0) is 18.9. The molecule has 7 nitrogen and oxygen atoms in total. The van der Waals surface area contributed by atoms with Crippen LogP contribution in [0.2, 0.25) is 0 Å². The zero-order valence-electron chi connectivity index (χ0n) is 14.1. The van der Waals surface area contributed by atoms with Crippen LogP contribution < -0.4 is 0 Å². The smallest absolute Gasteiger partial charge is 0.335 e. The lowest BCUT2D eigenvalue weighted by Crippen LogP contribution is -2.50. The second-order valence-corrected chi connectivity index (χ2v) is 9.16. The molecule has 1 N–H and O–H groups in total. The minimum atomic E-state index is -3.71. The Morgan fingerprint density at radius 2 is 1.62 bits per heavy atom. The molecule has 1 aliphatic heterocycles. The Kier molecular flexibility index (Phi) is 5.12. The van der Waals surface area contributed by atoms with Gasteiger partial charge >= 0.3 is 5.97 Å². The van der Waals surface area contributed by atoms with Crippen molar-refractivity contribution in [1.29, 1.82) is 0 Å². The summed E-state index contributed by atoms with van der Waals surface area (Å²) in [6.45, 7) is 2.99. The Morgan fingerprint density at radius 3 is 2.12 bits per heavy atom. The Bertz CT molecular complexity index is 926. The number of nitrogens with zero attached hydrogens (tertiary/aromatic N) is 2. The molecule has 26 heavy (non-hydrogen) atoms. The molecule has 1 aliphatic rings. The first-order chi connectivity index (χ1) is 12.3. The highest BCUT2D eigenvalue weighted by molar-refractivity contribution is 7.89. The van der Waals surface area contributed by atoms with Gasteiger partial charge in [0, 0.05) is 31.1 Å². The molecule has 1 saturated heterocycles. The summed E-state index contributed by atoms with van der Waals surface area (Å²) in [5, 5.41) is 8.91. The van der Waals surface area contributed by atoms with Gasteiger partial charge in [0.05, 0.1) is 15.3 Å². The van der Waals surface area contributed by atoms with Crippen molar-refractivity contribution in [3.8, 4) is 0 Å². The van der Waals surface area contributed by atoms with Crippen LogP contribution in [0.1, 0.15) is 24.9 Å². The lowest BCUT2D eigenvalue weighted by atomic mass is 10.2. The fraction of sp³-hybridized carbons (Fsp3) is 0.294. The number of carboxylic acid groups (broad SMARTS) is 1. The zero-order valence-corrected chi connectivity index (χ0v) is 15.7. The molecule has 0 spiro atoms. The molecule has 1 fully saturated rings. The van der Waals surface area contributed by atoms with E-state index in [1.807, 2.05) is 13.0 Å². The van der Waals surface area contributed by atoms with Crippen LogP contribution in [-0.4, -0.2) is 60.8 Å². The van der Waals surface area contributed by atoms with Crippen molar-refractivity contribution in [3.05, 3.63) is 51.7 Å². The fourth-order valence-electron chi connectivity index (χ4n) is 2.76. The number of carbonyl (C=O) groups is 2. The van der Waals surface area contributed by atoms with E-state index in [2.05, 4.69) is 0 Å². The largest absolute Gasteiger partial charge is 0.478 e. The molecule has 1 aromatic carbocycles. The van der Waals surface area contributed by atoms with E-state index in [1.54, 1.807) is 11.0 Å². The van der Waals surface area contributed by atoms with Crippen LogP contribution in [0.15, 0.2) is 41.3 Å². The summed E-state index contributed by atoms with van der Waals surface area (Å²) in [4.78, 5) is 26.8. The first-order valence-corrected chi connectivity index (χ1v) is 10.2. The number of piperazine rings is 1. The summed E-state index contributed by atoms with van der Waals surface area (Å²) in [5.41, 5.74) is 0.0330.